The fourth-order valence-electron chi connectivity index (χ4n) is 9.77. The summed E-state index contributed by atoms with van der Waals surface area (Å²) in [7, 11) is 0. The number of hydrogen-bond donors (Lipinski definition) is 3. The number of carbonyl (C=O) groups is 4. The third-order valence-corrected chi connectivity index (χ3v) is 12.9. The van der Waals surface area contributed by atoms with Gasteiger partial charge in [0.25, 0.3) is 5.91 Å². The van der Waals surface area contributed by atoms with Gasteiger partial charge in [0.05, 0.1) is 23.0 Å². The summed E-state index contributed by atoms with van der Waals surface area (Å²) in [5, 5.41) is 24.3. The second-order valence-corrected chi connectivity index (χ2v) is 17.1. The van der Waals surface area contributed by atoms with Gasteiger partial charge in [0.2, 0.25) is 11.8 Å². The lowest BCUT2D eigenvalue weighted by atomic mass is 9.93. The first kappa shape index (κ1) is 38.0. The summed E-state index contributed by atoms with van der Waals surface area (Å²) in [6, 6.07) is 8.69. The van der Waals surface area contributed by atoms with Gasteiger partial charge in [-0.2, -0.15) is 0 Å². The first-order chi connectivity index (χ1) is 27.8. The summed E-state index contributed by atoms with van der Waals surface area (Å²) in [4.78, 5) is 64.1. The number of urea groups is 1. The van der Waals surface area contributed by atoms with Crippen LogP contribution in [0.25, 0.3) is 11.3 Å². The van der Waals surface area contributed by atoms with Crippen molar-refractivity contribution in [2.45, 2.75) is 63.7 Å². The highest BCUT2D eigenvalue weighted by Crippen LogP contribution is 2.38. The lowest BCUT2D eigenvalue weighted by Gasteiger charge is -2.51. The molecule has 4 fully saturated rings. The minimum absolute atomic E-state index is 0.0187. The molecule has 3 N–H and O–H groups in total. The van der Waals surface area contributed by atoms with Crippen LogP contribution in [0.3, 0.4) is 0 Å². The molecule has 2 atom stereocenters. The Bertz CT molecular complexity index is 2180. The second-order valence-electron chi connectivity index (χ2n) is 17.1. The van der Waals surface area contributed by atoms with Gasteiger partial charge in [0.1, 0.15) is 11.9 Å². The third kappa shape index (κ3) is 6.92. The van der Waals surface area contributed by atoms with E-state index < -0.39 is 29.3 Å². The van der Waals surface area contributed by atoms with Crippen LogP contribution in [0.4, 0.5) is 30.8 Å². The Balaban J connectivity index is 0.773. The van der Waals surface area contributed by atoms with Gasteiger partial charge in [-0.3, -0.25) is 24.6 Å². The zero-order chi connectivity index (χ0) is 40.5. The van der Waals surface area contributed by atoms with Gasteiger partial charge in [-0.1, -0.05) is 6.07 Å². The molecule has 2 aromatic carbocycles. The lowest BCUT2D eigenvalue weighted by Crippen LogP contribution is -2.67. The maximum atomic E-state index is 14.1. The summed E-state index contributed by atoms with van der Waals surface area (Å²) in [5.41, 5.74) is 2.95. The molecule has 1 aromatic heterocycles. The zero-order valence-electron chi connectivity index (χ0n) is 32.7. The molecule has 7 heterocycles. The summed E-state index contributed by atoms with van der Waals surface area (Å²) in [5.74, 6) is -2.38. The fourth-order valence-corrected chi connectivity index (χ4v) is 9.77. The number of imide groups is 1. The fraction of sp³-hybridized carbons (Fsp3) is 0.512. The maximum Gasteiger partial charge on any atom is 0.320 e. The number of anilines is 3. The van der Waals surface area contributed by atoms with Crippen molar-refractivity contribution in [2.24, 2.45) is 5.92 Å². The molecule has 6 aliphatic rings. The number of halogens is 2. The van der Waals surface area contributed by atoms with E-state index in [-0.39, 0.29) is 47.1 Å². The van der Waals surface area contributed by atoms with E-state index in [1.807, 2.05) is 21.9 Å². The molecular formula is C41H48F2N10O5. The van der Waals surface area contributed by atoms with Crippen LogP contribution in [0.2, 0.25) is 0 Å². The van der Waals surface area contributed by atoms with Crippen molar-refractivity contribution < 1.29 is 33.1 Å². The Labute approximate surface area is 334 Å². The normalized spacial score (nSPS) is 23.7. The Morgan fingerprint density at radius 3 is 2.52 bits per heavy atom. The summed E-state index contributed by atoms with van der Waals surface area (Å²) < 4.78 is 28.2. The number of carbonyl (C=O) groups excluding carboxylic acids is 4. The first-order valence-corrected chi connectivity index (χ1v) is 20.2. The molecule has 0 aliphatic carbocycles. The summed E-state index contributed by atoms with van der Waals surface area (Å²) in [6.45, 7) is 11.6. The van der Waals surface area contributed by atoms with E-state index in [9.17, 15) is 33.1 Å². The van der Waals surface area contributed by atoms with Gasteiger partial charge in [0.15, 0.2) is 17.4 Å². The molecule has 4 saturated heterocycles. The minimum atomic E-state index is -1.07. The number of piperazine rings is 2. The number of hydrogen-bond acceptors (Lipinski definition) is 11. The van der Waals surface area contributed by atoms with E-state index in [0.29, 0.717) is 74.7 Å². The lowest BCUT2D eigenvalue weighted by molar-refractivity contribution is -0.136. The summed E-state index contributed by atoms with van der Waals surface area (Å²) in [6.07, 6.45) is 2.61. The van der Waals surface area contributed by atoms with E-state index in [4.69, 9.17) is 0 Å². The van der Waals surface area contributed by atoms with Crippen LogP contribution in [0.1, 0.15) is 55.5 Å². The Morgan fingerprint density at radius 2 is 1.74 bits per heavy atom. The average Bonchev–Trinajstić information content (AvgIpc) is 3.53. The minimum Gasteiger partial charge on any atom is -0.504 e. The smallest absolute Gasteiger partial charge is 0.320 e. The number of phenolic OH excluding ortho intramolecular Hbond substituents is 1. The molecule has 0 saturated carbocycles. The van der Waals surface area contributed by atoms with Crippen LogP contribution < -0.4 is 20.4 Å². The first-order valence-electron chi connectivity index (χ1n) is 20.2. The van der Waals surface area contributed by atoms with Crippen LogP contribution in [0.5, 0.6) is 5.75 Å². The monoisotopic (exact) mass is 798 g/mol. The van der Waals surface area contributed by atoms with Gasteiger partial charge < -0.3 is 34.9 Å². The highest BCUT2D eigenvalue weighted by Gasteiger charge is 2.43. The van der Waals surface area contributed by atoms with Crippen molar-refractivity contribution in [3.05, 3.63) is 59.2 Å². The van der Waals surface area contributed by atoms with Crippen molar-refractivity contribution >= 4 is 40.9 Å². The average molecular weight is 799 g/mol. The number of nitrogens with one attached hydrogen (secondary N) is 2. The molecule has 58 heavy (non-hydrogen) atoms. The molecular weight excluding hydrogens is 751 g/mol. The largest absolute Gasteiger partial charge is 0.504 e. The standard InChI is InChI=1S/C41H48F2N10O5/c1-41(2)23-48(20-24-7-9-49(10-8-24)27-4-3-25-21-52(39(57)29(25)17-27)33-5-6-35(54)45-38(33)56)11-14-53(41)40(58)50-12-13-51-28(22-50)19-44-37-34(51)18-32(46-47-37)30-15-26(42)16-31(43)36(30)55/h3-4,15-18,24,28,33,55H,5-14,19-23H2,1-2H3,(H,44,47)(H,45,54,56)/t28-,33+/m0/s1. The van der Waals surface area contributed by atoms with E-state index in [1.165, 1.54) is 0 Å². The zero-order valence-corrected chi connectivity index (χ0v) is 32.7. The molecule has 15 nitrogen and oxygen atoms in total. The molecule has 0 radical (unpaired) electrons. The van der Waals surface area contributed by atoms with Crippen molar-refractivity contribution in [3.63, 3.8) is 0 Å². The predicted octanol–water partition coefficient (Wildman–Crippen LogP) is 3.24. The van der Waals surface area contributed by atoms with Gasteiger partial charge in [0, 0.05) is 101 Å². The Morgan fingerprint density at radius 1 is 0.931 bits per heavy atom. The number of aromatic hydroxyl groups is 1. The van der Waals surface area contributed by atoms with E-state index in [2.05, 4.69) is 55.4 Å². The Hall–Kier alpha value is -5.58. The topological polar surface area (TPSA) is 158 Å². The number of benzene rings is 2. The quantitative estimate of drug-likeness (QED) is 0.326. The van der Waals surface area contributed by atoms with Crippen molar-refractivity contribution in [3.8, 4) is 17.0 Å². The molecule has 306 valence electrons. The highest BCUT2D eigenvalue weighted by atomic mass is 19.1. The number of fused-ring (bicyclic) bond motifs is 4. The van der Waals surface area contributed by atoms with Gasteiger partial charge in [-0.15, -0.1) is 10.2 Å². The van der Waals surface area contributed by atoms with Crippen LogP contribution in [0, 0.1) is 17.6 Å². The number of amides is 5. The second kappa shape index (κ2) is 14.7. The third-order valence-electron chi connectivity index (χ3n) is 12.9. The molecule has 9 rings (SSSR count). The molecule has 17 heteroatoms. The number of nitrogens with zero attached hydrogens (tertiary/aromatic N) is 8. The molecule has 0 spiro atoms. The van der Waals surface area contributed by atoms with E-state index >= 15 is 0 Å². The van der Waals surface area contributed by atoms with Crippen molar-refractivity contribution in [1.29, 1.82) is 0 Å². The predicted molar refractivity (Wildman–Crippen MR) is 210 cm³/mol. The number of piperidine rings is 2. The molecule has 5 amide bonds. The van der Waals surface area contributed by atoms with Crippen LogP contribution in [0.15, 0.2) is 36.4 Å². The molecule has 3 aromatic rings. The van der Waals surface area contributed by atoms with Crippen molar-refractivity contribution in [2.75, 3.05) is 80.6 Å². The maximum absolute atomic E-state index is 14.1. The highest BCUT2D eigenvalue weighted by molar-refractivity contribution is 6.05. The molecule has 0 unspecified atom stereocenters. The molecule has 0 bridgehead atoms. The number of aromatic nitrogens is 2. The summed E-state index contributed by atoms with van der Waals surface area (Å²) >= 11 is 0. The van der Waals surface area contributed by atoms with E-state index in [0.717, 1.165) is 62.9 Å². The van der Waals surface area contributed by atoms with Crippen molar-refractivity contribution in [1.82, 2.24) is 35.1 Å². The van der Waals surface area contributed by atoms with Gasteiger partial charge >= 0.3 is 6.03 Å². The van der Waals surface area contributed by atoms with Gasteiger partial charge in [-0.05, 0) is 68.9 Å². The number of rotatable bonds is 5. The van der Waals surface area contributed by atoms with Crippen LogP contribution in [-0.4, -0.2) is 142 Å². The van der Waals surface area contributed by atoms with Gasteiger partial charge in [-0.25, -0.2) is 13.6 Å². The number of phenols is 1. The van der Waals surface area contributed by atoms with E-state index in [1.54, 1.807) is 11.0 Å². The molecule has 6 aliphatic heterocycles. The van der Waals surface area contributed by atoms with Crippen LogP contribution in [-0.2, 0) is 16.1 Å². The van der Waals surface area contributed by atoms with Crippen LogP contribution >= 0.6 is 0 Å². The SMILES string of the molecule is CC1(C)CN(CC2CCN(c3ccc4c(c3)C(=O)N([C@@H]3CCC(=O)NC3=O)C4)CC2)CCN1C(=O)N1CCN2c3cc(-c4cc(F)cc(F)c4O)nnc3NC[C@H]2C1. The Kier molecular flexibility index (Phi) is 9.60.